The van der Waals surface area contributed by atoms with Gasteiger partial charge in [0.05, 0.1) is 17.0 Å². The zero-order valence-corrected chi connectivity index (χ0v) is 23.5. The van der Waals surface area contributed by atoms with Gasteiger partial charge in [-0.15, -0.1) is 0 Å². The van der Waals surface area contributed by atoms with Crippen LogP contribution < -0.4 is 11.1 Å². The number of benzene rings is 2. The molecule has 0 bridgehead atoms. The lowest BCUT2D eigenvalue weighted by molar-refractivity contribution is -0.142. The number of carbonyl (C=O) groups is 2. The third-order valence-electron chi connectivity index (χ3n) is 6.99. The van der Waals surface area contributed by atoms with Crippen molar-refractivity contribution in [3.05, 3.63) is 106 Å². The second-order valence-electron chi connectivity index (χ2n) is 10.5. The molecule has 1 aliphatic carbocycles. The van der Waals surface area contributed by atoms with Gasteiger partial charge in [0.1, 0.15) is 24.0 Å². The molecule has 0 radical (unpaired) electrons. The lowest BCUT2D eigenvalue weighted by atomic mass is 9.96. The highest BCUT2D eigenvalue weighted by Gasteiger charge is 2.37. The Morgan fingerprint density at radius 2 is 1.78 bits per heavy atom. The van der Waals surface area contributed by atoms with Gasteiger partial charge in [-0.1, -0.05) is 12.1 Å². The molecule has 1 aliphatic rings. The summed E-state index contributed by atoms with van der Waals surface area (Å²) in [5.41, 5.74) is 4.25. The molecule has 0 spiro atoms. The standard InChI is InChI=1S/C31H26F6N6O2/c32-20-10-17(11-21(33)14-20)12-26(28-23(2-1-8-40-28)18-3-6-25(34)24(13-18)30(38)45)41-27(44)16-43-15-19(7-9-39-22-4-5-22)29(42-43)31(35,36)37/h1-3,6,8,10-11,13-15,22,39H,4-5,7,9,12,16H2,(H2,38,45). The SMILES string of the molecule is NC(=O)c1cc(-c2cccnc2C(Cc2cc(F)cc(F)c2)=NC(=O)Cn2cc(CCNC3CC3)c(C(F)(F)F)n2)ccc1F. The molecule has 2 aromatic carbocycles. The van der Waals surface area contributed by atoms with Crippen molar-refractivity contribution in [1.82, 2.24) is 20.1 Å². The van der Waals surface area contributed by atoms with Crippen LogP contribution in [0.2, 0.25) is 0 Å². The van der Waals surface area contributed by atoms with E-state index in [9.17, 15) is 35.9 Å². The van der Waals surface area contributed by atoms with E-state index in [0.29, 0.717) is 18.7 Å². The molecule has 45 heavy (non-hydrogen) atoms. The number of nitrogens with two attached hydrogens (primary N) is 1. The number of nitrogens with one attached hydrogen (secondary N) is 1. The number of amides is 2. The monoisotopic (exact) mass is 628 g/mol. The van der Waals surface area contributed by atoms with E-state index >= 15 is 0 Å². The third-order valence-corrected chi connectivity index (χ3v) is 6.99. The van der Waals surface area contributed by atoms with Crippen molar-refractivity contribution in [3.63, 3.8) is 0 Å². The Bertz CT molecular complexity index is 1760. The summed E-state index contributed by atoms with van der Waals surface area (Å²) in [5, 5.41) is 6.74. The lowest BCUT2D eigenvalue weighted by Crippen LogP contribution is -2.20. The fraction of sp³-hybridized carbons (Fsp3) is 0.258. The predicted molar refractivity (Wildman–Crippen MR) is 152 cm³/mol. The van der Waals surface area contributed by atoms with E-state index in [4.69, 9.17) is 5.73 Å². The molecule has 234 valence electrons. The van der Waals surface area contributed by atoms with Gasteiger partial charge in [-0.2, -0.15) is 18.3 Å². The molecule has 2 aromatic heterocycles. The topological polar surface area (TPSA) is 115 Å². The lowest BCUT2D eigenvalue weighted by Gasteiger charge is -2.13. The largest absolute Gasteiger partial charge is 0.435 e. The molecular weight excluding hydrogens is 602 g/mol. The molecule has 0 unspecified atom stereocenters. The third kappa shape index (κ3) is 8.01. The van der Waals surface area contributed by atoms with Crippen molar-refractivity contribution < 1.29 is 35.9 Å². The maximum Gasteiger partial charge on any atom is 0.435 e. The highest BCUT2D eigenvalue weighted by Crippen LogP contribution is 2.31. The summed E-state index contributed by atoms with van der Waals surface area (Å²) in [4.78, 5) is 33.4. The summed E-state index contributed by atoms with van der Waals surface area (Å²) in [6.07, 6.45) is -0.597. The fourth-order valence-corrected chi connectivity index (χ4v) is 4.82. The van der Waals surface area contributed by atoms with Gasteiger partial charge in [0.15, 0.2) is 5.69 Å². The van der Waals surface area contributed by atoms with Crippen molar-refractivity contribution in [2.45, 2.75) is 44.4 Å². The zero-order chi connectivity index (χ0) is 32.3. The van der Waals surface area contributed by atoms with Crippen LogP contribution >= 0.6 is 0 Å². The van der Waals surface area contributed by atoms with Crippen LogP contribution in [0, 0.1) is 17.5 Å². The molecule has 14 heteroatoms. The van der Waals surface area contributed by atoms with Crippen LogP contribution in [0.25, 0.3) is 11.1 Å². The molecule has 5 rings (SSSR count). The second-order valence-corrected chi connectivity index (χ2v) is 10.5. The van der Waals surface area contributed by atoms with E-state index in [0.717, 1.165) is 41.9 Å². The van der Waals surface area contributed by atoms with Gasteiger partial charge in [-0.05, 0) is 67.3 Å². The summed E-state index contributed by atoms with van der Waals surface area (Å²) in [5.74, 6) is -4.59. The molecule has 0 atom stereocenters. The first-order valence-corrected chi connectivity index (χ1v) is 13.8. The highest BCUT2D eigenvalue weighted by molar-refractivity contribution is 6.10. The summed E-state index contributed by atoms with van der Waals surface area (Å²) in [7, 11) is 0. The molecule has 1 fully saturated rings. The van der Waals surface area contributed by atoms with Crippen LogP contribution in [0.4, 0.5) is 26.3 Å². The summed E-state index contributed by atoms with van der Waals surface area (Å²) < 4.78 is 84.3. The van der Waals surface area contributed by atoms with Gasteiger partial charge < -0.3 is 11.1 Å². The number of pyridine rings is 1. The highest BCUT2D eigenvalue weighted by atomic mass is 19.4. The van der Waals surface area contributed by atoms with Crippen molar-refractivity contribution in [3.8, 4) is 11.1 Å². The maximum absolute atomic E-state index is 14.2. The van der Waals surface area contributed by atoms with Crippen LogP contribution in [0.1, 0.15) is 45.7 Å². The Kier molecular flexibility index (Phi) is 9.14. The molecular formula is C31H26F6N6O2. The van der Waals surface area contributed by atoms with Gasteiger partial charge >= 0.3 is 6.18 Å². The number of aliphatic imine (C=N–C) groups is 1. The number of aromatic nitrogens is 3. The molecule has 1 saturated carbocycles. The summed E-state index contributed by atoms with van der Waals surface area (Å²) in [6, 6.07) is 9.61. The van der Waals surface area contributed by atoms with Gasteiger partial charge in [-0.25, -0.2) is 18.2 Å². The van der Waals surface area contributed by atoms with E-state index in [1.54, 1.807) is 0 Å². The van der Waals surface area contributed by atoms with E-state index < -0.39 is 53.2 Å². The van der Waals surface area contributed by atoms with Crippen LogP contribution in [0.15, 0.2) is 65.9 Å². The Morgan fingerprint density at radius 1 is 1.04 bits per heavy atom. The van der Waals surface area contributed by atoms with Gasteiger partial charge in [-0.3, -0.25) is 19.3 Å². The maximum atomic E-state index is 14.2. The van der Waals surface area contributed by atoms with Crippen molar-refractivity contribution in [2.24, 2.45) is 10.7 Å². The van der Waals surface area contributed by atoms with Gasteiger partial charge in [0.2, 0.25) is 0 Å². The number of hydrogen-bond acceptors (Lipinski definition) is 5. The number of carbonyl (C=O) groups excluding carboxylic acids is 2. The number of nitrogens with zero attached hydrogens (tertiary/aromatic N) is 4. The molecule has 0 aliphatic heterocycles. The van der Waals surface area contributed by atoms with Gasteiger partial charge in [0.25, 0.3) is 11.8 Å². The molecule has 3 N–H and O–H groups in total. The van der Waals surface area contributed by atoms with E-state index in [1.807, 2.05) is 0 Å². The second kappa shape index (κ2) is 13.0. The number of hydrogen-bond donors (Lipinski definition) is 2. The normalized spacial score (nSPS) is 13.7. The Balaban J connectivity index is 1.51. The summed E-state index contributed by atoms with van der Waals surface area (Å²) >= 11 is 0. The minimum absolute atomic E-state index is 0.0424. The fourth-order valence-electron chi connectivity index (χ4n) is 4.82. The average molecular weight is 629 g/mol. The van der Waals surface area contributed by atoms with E-state index in [-0.39, 0.29) is 46.5 Å². The quantitative estimate of drug-likeness (QED) is 0.179. The molecule has 0 saturated heterocycles. The van der Waals surface area contributed by atoms with Crippen LogP contribution in [-0.4, -0.2) is 44.9 Å². The first-order chi connectivity index (χ1) is 21.4. The average Bonchev–Trinajstić information content (AvgIpc) is 3.69. The Morgan fingerprint density at radius 3 is 2.44 bits per heavy atom. The number of alkyl halides is 3. The number of primary amides is 1. The van der Waals surface area contributed by atoms with Crippen molar-refractivity contribution in [2.75, 3.05) is 6.54 Å². The van der Waals surface area contributed by atoms with Crippen LogP contribution in [0.3, 0.4) is 0 Å². The van der Waals surface area contributed by atoms with Crippen molar-refractivity contribution >= 4 is 17.5 Å². The number of rotatable bonds is 11. The van der Waals surface area contributed by atoms with Crippen LogP contribution in [-0.2, 0) is 30.4 Å². The first-order valence-electron chi connectivity index (χ1n) is 13.8. The minimum Gasteiger partial charge on any atom is -0.366 e. The smallest absolute Gasteiger partial charge is 0.366 e. The van der Waals surface area contributed by atoms with E-state index in [2.05, 4.69) is 20.4 Å². The molecule has 2 heterocycles. The molecule has 4 aromatic rings. The summed E-state index contributed by atoms with van der Waals surface area (Å²) in [6.45, 7) is -0.367. The zero-order valence-electron chi connectivity index (χ0n) is 23.5. The Hall–Kier alpha value is -4.85. The molecule has 8 nitrogen and oxygen atoms in total. The first kappa shape index (κ1) is 31.6. The minimum atomic E-state index is -4.75. The number of halogens is 6. The van der Waals surface area contributed by atoms with Gasteiger partial charge in [0, 0.05) is 42.0 Å². The Labute approximate surface area is 253 Å². The predicted octanol–water partition coefficient (Wildman–Crippen LogP) is 5.03. The van der Waals surface area contributed by atoms with Crippen molar-refractivity contribution in [1.29, 1.82) is 0 Å². The molecule has 2 amide bonds. The van der Waals surface area contributed by atoms with Crippen LogP contribution in [0.5, 0.6) is 0 Å². The van der Waals surface area contributed by atoms with E-state index in [1.165, 1.54) is 30.5 Å².